The van der Waals surface area contributed by atoms with Crippen molar-refractivity contribution in [3.63, 3.8) is 0 Å². The molecule has 0 aromatic carbocycles. The molecule has 2 heterocycles. The van der Waals surface area contributed by atoms with Gasteiger partial charge in [-0.3, -0.25) is 0 Å². The molecule has 0 aliphatic heterocycles. The first-order valence-corrected chi connectivity index (χ1v) is 4.38. The maximum absolute atomic E-state index is 8.69. The van der Waals surface area contributed by atoms with Crippen LogP contribution in [0.5, 0.6) is 0 Å². The number of halogens is 1. The smallest absolute Gasteiger partial charge is 0.217 e. The molecule has 12 heavy (non-hydrogen) atoms. The van der Waals surface area contributed by atoms with Crippen molar-refractivity contribution < 1.29 is 0 Å². The number of hydrogen-bond acceptors (Lipinski definition) is 4. The molecule has 0 spiro atoms. The van der Waals surface area contributed by atoms with Gasteiger partial charge in [-0.1, -0.05) is 0 Å². The lowest BCUT2D eigenvalue weighted by Crippen LogP contribution is -1.86. The van der Waals surface area contributed by atoms with Gasteiger partial charge >= 0.3 is 0 Å². The van der Waals surface area contributed by atoms with Gasteiger partial charge in [-0.25, -0.2) is 9.97 Å². The Bertz CT molecular complexity index is 471. The first-order chi connectivity index (χ1) is 5.81. The molecule has 58 valence electrons. The largest absolute Gasteiger partial charge is 0.224 e. The van der Waals surface area contributed by atoms with Gasteiger partial charge in [0.1, 0.15) is 6.07 Å². The highest BCUT2D eigenvalue weighted by atomic mass is 35.5. The number of nitrogens with zero attached hydrogens (tertiary/aromatic N) is 3. The van der Waals surface area contributed by atoms with Crippen molar-refractivity contribution in [3.05, 3.63) is 22.4 Å². The van der Waals surface area contributed by atoms with E-state index in [9.17, 15) is 0 Å². The van der Waals surface area contributed by atoms with Gasteiger partial charge in [0.05, 0.1) is 10.2 Å². The molecule has 0 saturated heterocycles. The number of nitriles is 1. The zero-order chi connectivity index (χ0) is 8.55. The molecule has 0 aliphatic rings. The summed E-state index contributed by atoms with van der Waals surface area (Å²) < 4.78 is 0.793. The second kappa shape index (κ2) is 2.70. The van der Waals surface area contributed by atoms with Gasteiger partial charge < -0.3 is 0 Å². The van der Waals surface area contributed by atoms with Crippen molar-refractivity contribution in [1.29, 1.82) is 5.26 Å². The summed E-state index contributed by atoms with van der Waals surface area (Å²) in [6.45, 7) is 0. The normalized spacial score (nSPS) is 10.0. The molecule has 0 bridgehead atoms. The van der Waals surface area contributed by atoms with E-state index in [2.05, 4.69) is 9.97 Å². The molecule has 3 nitrogen and oxygen atoms in total. The Morgan fingerprint density at radius 2 is 2.33 bits per heavy atom. The number of fused-ring (bicyclic) bond motifs is 1. The van der Waals surface area contributed by atoms with Gasteiger partial charge in [0.2, 0.25) is 5.28 Å². The van der Waals surface area contributed by atoms with Crippen LogP contribution in [0.15, 0.2) is 11.4 Å². The quantitative estimate of drug-likeness (QED) is 0.606. The summed E-state index contributed by atoms with van der Waals surface area (Å²) in [4.78, 5) is 7.75. The molecule has 0 atom stereocenters. The maximum Gasteiger partial charge on any atom is 0.224 e. The average molecular weight is 196 g/mol. The predicted molar refractivity (Wildman–Crippen MR) is 47.1 cm³/mol. The van der Waals surface area contributed by atoms with Gasteiger partial charge in [-0.05, 0) is 23.0 Å². The van der Waals surface area contributed by atoms with E-state index in [-0.39, 0.29) is 5.28 Å². The van der Waals surface area contributed by atoms with E-state index in [1.54, 1.807) is 0 Å². The number of hydrogen-bond donors (Lipinski definition) is 0. The monoisotopic (exact) mass is 195 g/mol. The van der Waals surface area contributed by atoms with Crippen LogP contribution in [0.3, 0.4) is 0 Å². The Morgan fingerprint density at radius 1 is 1.50 bits per heavy atom. The summed E-state index contributed by atoms with van der Waals surface area (Å²) in [6.07, 6.45) is 0. The number of thiophene rings is 1. The molecule has 0 fully saturated rings. The number of rotatable bonds is 0. The topological polar surface area (TPSA) is 49.6 Å². The van der Waals surface area contributed by atoms with Crippen molar-refractivity contribution in [2.75, 3.05) is 0 Å². The van der Waals surface area contributed by atoms with Gasteiger partial charge in [-0.15, -0.1) is 11.3 Å². The lowest BCUT2D eigenvalue weighted by molar-refractivity contribution is 1.20. The van der Waals surface area contributed by atoms with E-state index in [1.165, 1.54) is 11.3 Å². The van der Waals surface area contributed by atoms with Crippen LogP contribution in [0.2, 0.25) is 5.28 Å². The first kappa shape index (κ1) is 7.47. The van der Waals surface area contributed by atoms with Crippen molar-refractivity contribution in [2.45, 2.75) is 0 Å². The predicted octanol–water partition coefficient (Wildman–Crippen LogP) is 2.22. The van der Waals surface area contributed by atoms with Crippen LogP contribution in [0.4, 0.5) is 0 Å². The molecule has 2 rings (SSSR count). The molecule has 0 N–H and O–H groups in total. The van der Waals surface area contributed by atoms with Crippen LogP contribution in [-0.4, -0.2) is 9.97 Å². The first-order valence-electron chi connectivity index (χ1n) is 3.12. The standard InChI is InChI=1S/C7H2ClN3S/c8-7-10-4-1-2-12-6(4)5(3-9)11-7/h1-2H. The van der Waals surface area contributed by atoms with Crippen LogP contribution in [0, 0.1) is 11.3 Å². The van der Waals surface area contributed by atoms with Crippen LogP contribution >= 0.6 is 22.9 Å². The number of aromatic nitrogens is 2. The van der Waals surface area contributed by atoms with Crippen molar-refractivity contribution in [2.24, 2.45) is 0 Å². The molecule has 2 aromatic heterocycles. The van der Waals surface area contributed by atoms with Crippen molar-refractivity contribution in [3.8, 4) is 6.07 Å². The fraction of sp³-hybridized carbons (Fsp3) is 0. The Morgan fingerprint density at radius 3 is 3.08 bits per heavy atom. The van der Waals surface area contributed by atoms with Crippen LogP contribution in [0.1, 0.15) is 5.69 Å². The van der Waals surface area contributed by atoms with E-state index in [4.69, 9.17) is 16.9 Å². The summed E-state index contributed by atoms with van der Waals surface area (Å²) in [5.41, 5.74) is 1.08. The Kier molecular flexibility index (Phi) is 1.68. The van der Waals surface area contributed by atoms with Crippen LogP contribution in [0.25, 0.3) is 10.2 Å². The zero-order valence-corrected chi connectivity index (χ0v) is 7.35. The van der Waals surface area contributed by atoms with E-state index in [0.717, 1.165) is 10.2 Å². The highest BCUT2D eigenvalue weighted by Crippen LogP contribution is 2.22. The molecule has 0 aliphatic carbocycles. The minimum atomic E-state index is 0.123. The van der Waals surface area contributed by atoms with Crippen LogP contribution in [-0.2, 0) is 0 Å². The van der Waals surface area contributed by atoms with Crippen molar-refractivity contribution in [1.82, 2.24) is 9.97 Å². The second-order valence-electron chi connectivity index (χ2n) is 2.09. The lowest BCUT2D eigenvalue weighted by atomic mass is 10.4. The summed E-state index contributed by atoms with van der Waals surface area (Å²) in [7, 11) is 0. The van der Waals surface area contributed by atoms with Crippen LogP contribution < -0.4 is 0 Å². The van der Waals surface area contributed by atoms with E-state index >= 15 is 0 Å². The lowest BCUT2D eigenvalue weighted by Gasteiger charge is -1.91. The molecular weight excluding hydrogens is 194 g/mol. The highest BCUT2D eigenvalue weighted by Gasteiger charge is 2.05. The molecule has 0 saturated carbocycles. The van der Waals surface area contributed by atoms with Gasteiger partial charge in [0.15, 0.2) is 5.69 Å². The van der Waals surface area contributed by atoms with E-state index < -0.39 is 0 Å². The van der Waals surface area contributed by atoms with Gasteiger partial charge in [0.25, 0.3) is 0 Å². The minimum Gasteiger partial charge on any atom is -0.217 e. The molecule has 0 amide bonds. The minimum absolute atomic E-state index is 0.123. The third kappa shape index (κ3) is 1.04. The second-order valence-corrected chi connectivity index (χ2v) is 3.34. The van der Waals surface area contributed by atoms with E-state index in [0.29, 0.717) is 5.69 Å². The van der Waals surface area contributed by atoms with Gasteiger partial charge in [-0.2, -0.15) is 5.26 Å². The molecule has 5 heteroatoms. The Labute approximate surface area is 77.3 Å². The Balaban J connectivity index is 2.91. The SMILES string of the molecule is N#Cc1nc(Cl)nc2ccsc12. The molecular formula is C7H2ClN3S. The van der Waals surface area contributed by atoms with Crippen molar-refractivity contribution >= 4 is 33.2 Å². The zero-order valence-electron chi connectivity index (χ0n) is 5.78. The fourth-order valence-electron chi connectivity index (χ4n) is 0.911. The Hall–Kier alpha value is -1.18. The summed E-state index contributed by atoms with van der Waals surface area (Å²) in [5, 5.41) is 10.7. The highest BCUT2D eigenvalue weighted by molar-refractivity contribution is 7.17. The summed E-state index contributed by atoms with van der Waals surface area (Å²) in [5.74, 6) is 0. The summed E-state index contributed by atoms with van der Waals surface area (Å²) >= 11 is 7.03. The molecule has 2 aromatic rings. The van der Waals surface area contributed by atoms with E-state index in [1.807, 2.05) is 17.5 Å². The average Bonchev–Trinajstić information content (AvgIpc) is 2.50. The third-order valence-electron chi connectivity index (χ3n) is 1.38. The molecule has 0 unspecified atom stereocenters. The third-order valence-corrected chi connectivity index (χ3v) is 2.46. The summed E-state index contributed by atoms with van der Waals surface area (Å²) in [6, 6.07) is 3.79. The maximum atomic E-state index is 8.69. The fourth-order valence-corrected chi connectivity index (χ4v) is 1.86. The van der Waals surface area contributed by atoms with Gasteiger partial charge in [0, 0.05) is 0 Å². The molecule has 0 radical (unpaired) electrons.